The molecule has 0 aromatic heterocycles. The number of carbonyl (C=O) groups is 6. The van der Waals surface area contributed by atoms with Gasteiger partial charge in [-0.15, -0.1) is 0 Å². The molecule has 5 rings (SSSR count). The van der Waals surface area contributed by atoms with Crippen LogP contribution < -0.4 is 21.7 Å². The number of hydrogen-bond acceptors (Lipinski definition) is 6. The molecule has 5 amide bonds. The molecular weight excluding hydrogens is 586 g/mol. The highest BCUT2D eigenvalue weighted by molar-refractivity contribution is 6.37. The molecule has 1 aliphatic heterocycles. The Kier molecular flexibility index (Phi) is 9.09. The number of hydrogen-bond donors (Lipinski definition) is 4. The van der Waals surface area contributed by atoms with Crippen molar-refractivity contribution in [2.45, 2.75) is 110 Å². The largest absolute Gasteiger partial charge is 0.363 e. The van der Waals surface area contributed by atoms with E-state index in [0.717, 1.165) is 32.1 Å². The number of piperidine rings is 1. The van der Waals surface area contributed by atoms with Gasteiger partial charge in [0.1, 0.15) is 17.6 Å². The number of nitrogens with two attached hydrogens (primary N) is 1. The quantitative estimate of drug-likeness (QED) is 0.215. The van der Waals surface area contributed by atoms with E-state index >= 15 is 0 Å². The van der Waals surface area contributed by atoms with E-state index in [2.05, 4.69) is 29.8 Å². The number of likely N-dealkylation sites (tertiary alicyclic amines) is 1. The number of ketones is 2. The second-order valence-electron chi connectivity index (χ2n) is 15.6. The zero-order chi connectivity index (χ0) is 33.6. The third-order valence-electron chi connectivity index (χ3n) is 10.8. The van der Waals surface area contributed by atoms with E-state index in [1.165, 1.54) is 4.90 Å². The lowest BCUT2D eigenvalue weighted by Gasteiger charge is -2.40. The maximum Gasteiger partial charge on any atom is 0.316 e. The summed E-state index contributed by atoms with van der Waals surface area (Å²) in [5, 5.41) is 8.65. The number of rotatable bonds is 11. The molecule has 4 aliphatic rings. The van der Waals surface area contributed by atoms with Gasteiger partial charge in [-0.05, 0) is 47.8 Å². The first kappa shape index (κ1) is 33.6. The minimum absolute atomic E-state index is 0.0735. The third kappa shape index (κ3) is 6.69. The highest BCUT2D eigenvalue weighted by Gasteiger charge is 2.70. The van der Waals surface area contributed by atoms with Gasteiger partial charge in [-0.1, -0.05) is 97.1 Å². The van der Waals surface area contributed by atoms with Gasteiger partial charge < -0.3 is 26.6 Å². The summed E-state index contributed by atoms with van der Waals surface area (Å²) in [6.07, 6.45) is 5.74. The fourth-order valence-corrected chi connectivity index (χ4v) is 7.79. The van der Waals surface area contributed by atoms with Crippen LogP contribution in [0.5, 0.6) is 0 Å². The third-order valence-corrected chi connectivity index (χ3v) is 10.8. The molecule has 11 heteroatoms. The Morgan fingerprint density at radius 1 is 0.957 bits per heavy atom. The highest BCUT2D eigenvalue weighted by Crippen LogP contribution is 2.65. The molecule has 46 heavy (non-hydrogen) atoms. The van der Waals surface area contributed by atoms with E-state index in [0.29, 0.717) is 31.4 Å². The fraction of sp³-hybridized carbons (Fsp3) is 0.657. The van der Waals surface area contributed by atoms with E-state index < -0.39 is 58.6 Å². The average molecular weight is 636 g/mol. The van der Waals surface area contributed by atoms with Crippen LogP contribution in [0.1, 0.15) is 96.3 Å². The zero-order valence-corrected chi connectivity index (χ0v) is 27.7. The van der Waals surface area contributed by atoms with Gasteiger partial charge in [-0.3, -0.25) is 24.0 Å². The molecule has 0 radical (unpaired) electrons. The van der Waals surface area contributed by atoms with Gasteiger partial charge in [0, 0.05) is 12.1 Å². The van der Waals surface area contributed by atoms with Crippen molar-refractivity contribution >= 4 is 35.3 Å². The van der Waals surface area contributed by atoms with Crippen molar-refractivity contribution in [1.29, 1.82) is 0 Å². The van der Waals surface area contributed by atoms with Gasteiger partial charge >= 0.3 is 6.03 Å². The molecule has 1 heterocycles. The topological polar surface area (TPSA) is 168 Å². The van der Waals surface area contributed by atoms with E-state index in [4.69, 9.17) is 5.73 Å². The summed E-state index contributed by atoms with van der Waals surface area (Å²) in [7, 11) is 0. The van der Waals surface area contributed by atoms with Crippen LogP contribution in [-0.4, -0.2) is 70.4 Å². The van der Waals surface area contributed by atoms with Crippen molar-refractivity contribution in [1.82, 2.24) is 20.9 Å². The Morgan fingerprint density at radius 3 is 2.15 bits per heavy atom. The lowest BCUT2D eigenvalue weighted by atomic mass is 9.76. The number of fused-ring (bicyclic) bond motifs is 1. The number of amides is 5. The number of Topliss-reactive ketones (excluding diaryl/α,β-unsaturated/α-hetero) is 2. The first-order valence-corrected chi connectivity index (χ1v) is 16.7. The number of nitrogens with one attached hydrogen (secondary N) is 3. The minimum Gasteiger partial charge on any atom is -0.363 e. The summed E-state index contributed by atoms with van der Waals surface area (Å²) in [6.45, 7) is 9.97. The van der Waals surface area contributed by atoms with Crippen LogP contribution in [0, 0.1) is 28.6 Å². The van der Waals surface area contributed by atoms with Crippen LogP contribution in [0.15, 0.2) is 30.3 Å². The fourth-order valence-electron chi connectivity index (χ4n) is 7.79. The predicted octanol–water partition coefficient (Wildman–Crippen LogP) is 3.11. The molecule has 5 atom stereocenters. The maximum absolute atomic E-state index is 14.4. The van der Waals surface area contributed by atoms with Crippen molar-refractivity contribution in [3.05, 3.63) is 35.9 Å². The number of primary amides is 1. The van der Waals surface area contributed by atoms with E-state index in [9.17, 15) is 28.8 Å². The van der Waals surface area contributed by atoms with Gasteiger partial charge in [0.05, 0.1) is 6.04 Å². The number of nitrogens with zero attached hydrogens (tertiary/aromatic N) is 1. The van der Waals surface area contributed by atoms with Gasteiger partial charge in [-0.2, -0.15) is 0 Å². The first-order valence-electron chi connectivity index (χ1n) is 16.7. The van der Waals surface area contributed by atoms with Crippen molar-refractivity contribution in [2.24, 2.45) is 34.3 Å². The molecule has 1 aromatic rings. The summed E-state index contributed by atoms with van der Waals surface area (Å²) in [5.41, 5.74) is 3.82. The Balaban J connectivity index is 1.35. The Morgan fingerprint density at radius 2 is 1.59 bits per heavy atom. The van der Waals surface area contributed by atoms with E-state index in [-0.39, 0.29) is 29.0 Å². The zero-order valence-electron chi connectivity index (χ0n) is 27.7. The van der Waals surface area contributed by atoms with Gasteiger partial charge in [0.2, 0.25) is 17.6 Å². The highest BCUT2D eigenvalue weighted by atomic mass is 16.2. The molecule has 5 N–H and O–H groups in total. The summed E-state index contributed by atoms with van der Waals surface area (Å²) in [5.74, 6) is -2.79. The number of carbonyl (C=O) groups excluding carboxylic acids is 6. The molecule has 1 aromatic carbocycles. The molecule has 3 saturated carbocycles. The standard InChI is InChI=1S/C35H49N5O6/c1-33(2,3)27(38-32(46)39-35(16-10-7-11-17-35)28(42)21-12-8-6-9-13-21)31(45)40-19-22-24(34(22,4)5)25(40)30(44)37-23(18-20-14-15-20)26(41)29(36)43/h6,8-9,12-13,20,22-25,27H,7,10-11,14-19H2,1-5H3,(H2,36,43)(H,37,44)(H2,38,39,46)/t22-,23?,24-,25-,27+/m0/s1. The summed E-state index contributed by atoms with van der Waals surface area (Å²) < 4.78 is 0. The Labute approximate surface area is 271 Å². The Bertz CT molecular complexity index is 1390. The average Bonchev–Trinajstić information content (AvgIpc) is 3.86. The lowest BCUT2D eigenvalue weighted by molar-refractivity contribution is -0.145. The second-order valence-corrected chi connectivity index (χ2v) is 15.6. The summed E-state index contributed by atoms with van der Waals surface area (Å²) in [4.78, 5) is 81.6. The molecule has 0 bridgehead atoms. The molecule has 3 aliphatic carbocycles. The van der Waals surface area contributed by atoms with E-state index in [1.807, 2.05) is 26.8 Å². The minimum atomic E-state index is -1.10. The van der Waals surface area contributed by atoms with Crippen LogP contribution in [0.25, 0.3) is 0 Å². The van der Waals surface area contributed by atoms with Crippen molar-refractivity contribution in [3.8, 4) is 0 Å². The molecule has 250 valence electrons. The molecule has 1 saturated heterocycles. The first-order chi connectivity index (χ1) is 21.6. The molecule has 0 spiro atoms. The van der Waals surface area contributed by atoms with Gasteiger partial charge in [-0.25, -0.2) is 4.79 Å². The molecular formula is C35H49N5O6. The lowest BCUT2D eigenvalue weighted by Crippen LogP contribution is -2.64. The Hall–Kier alpha value is -3.76. The van der Waals surface area contributed by atoms with Crippen LogP contribution in [-0.2, 0) is 19.2 Å². The maximum atomic E-state index is 14.4. The van der Waals surface area contributed by atoms with Crippen LogP contribution in [0.2, 0.25) is 0 Å². The molecule has 11 nitrogen and oxygen atoms in total. The number of urea groups is 1. The van der Waals surface area contributed by atoms with Gasteiger partial charge in [0.25, 0.3) is 5.91 Å². The van der Waals surface area contributed by atoms with Crippen LogP contribution >= 0.6 is 0 Å². The van der Waals surface area contributed by atoms with E-state index in [1.54, 1.807) is 24.3 Å². The van der Waals surface area contributed by atoms with Gasteiger partial charge in [0.15, 0.2) is 5.78 Å². The van der Waals surface area contributed by atoms with Crippen LogP contribution in [0.3, 0.4) is 0 Å². The smallest absolute Gasteiger partial charge is 0.316 e. The summed E-state index contributed by atoms with van der Waals surface area (Å²) in [6, 6.07) is 5.40. The predicted molar refractivity (Wildman–Crippen MR) is 171 cm³/mol. The van der Waals surface area contributed by atoms with Crippen molar-refractivity contribution in [2.75, 3.05) is 6.54 Å². The second kappa shape index (κ2) is 12.4. The normalized spacial score (nSPS) is 25.8. The van der Waals surface area contributed by atoms with Crippen molar-refractivity contribution < 1.29 is 28.8 Å². The number of benzene rings is 1. The molecule has 1 unspecified atom stereocenters. The van der Waals surface area contributed by atoms with Crippen LogP contribution in [0.4, 0.5) is 4.79 Å². The SMILES string of the molecule is CC(C)(C)[C@H](NC(=O)NC1(C(=O)c2ccccc2)CCCCC1)C(=O)N1C[C@H]2[C@@H]([C@H]1C(=O)NC(CC1CC1)C(=O)C(N)=O)C2(C)C. The summed E-state index contributed by atoms with van der Waals surface area (Å²) >= 11 is 0. The van der Waals surface area contributed by atoms with Crippen molar-refractivity contribution in [3.63, 3.8) is 0 Å². The molecule has 4 fully saturated rings. The monoisotopic (exact) mass is 635 g/mol.